The van der Waals surface area contributed by atoms with Crippen molar-refractivity contribution in [3.8, 4) is 22.8 Å². The second-order valence-electron chi connectivity index (χ2n) is 5.54. The molecule has 3 aromatic rings. The van der Waals surface area contributed by atoms with Crippen LogP contribution in [0.3, 0.4) is 0 Å². The minimum absolute atomic E-state index is 0.214. The van der Waals surface area contributed by atoms with Gasteiger partial charge in [-0.2, -0.15) is 8.78 Å². The third-order valence-corrected chi connectivity index (χ3v) is 3.65. The molecule has 10 heteroatoms. The van der Waals surface area contributed by atoms with Gasteiger partial charge >= 0.3 is 6.36 Å². The Morgan fingerprint density at radius 2 is 1.56 bits per heavy atom. The number of ether oxygens (including phenoxy) is 1. The van der Waals surface area contributed by atoms with Crippen molar-refractivity contribution in [1.82, 2.24) is 14.8 Å². The number of hydrogen-bond donors (Lipinski definition) is 1. The van der Waals surface area contributed by atoms with Crippen LogP contribution >= 0.6 is 0 Å². The lowest BCUT2D eigenvalue weighted by molar-refractivity contribution is -0.274. The lowest BCUT2D eigenvalue weighted by Crippen LogP contribution is -2.24. The number of nitrogens with zero attached hydrogens (tertiary/aromatic N) is 3. The van der Waals surface area contributed by atoms with E-state index in [1.54, 1.807) is 0 Å². The van der Waals surface area contributed by atoms with Crippen LogP contribution in [-0.4, -0.2) is 27.7 Å². The SMILES string of the molecule is NCC(F)(F)c1ccc(-c2ncn(-c3ccc(OC(F)(F)F)cc3)n2)cc1. The highest BCUT2D eigenvalue weighted by Gasteiger charge is 2.31. The molecule has 0 aliphatic carbocycles. The summed E-state index contributed by atoms with van der Waals surface area (Å²) in [7, 11) is 0. The van der Waals surface area contributed by atoms with Crippen molar-refractivity contribution >= 4 is 0 Å². The van der Waals surface area contributed by atoms with Gasteiger partial charge in [0.1, 0.15) is 12.1 Å². The lowest BCUT2D eigenvalue weighted by atomic mass is 10.1. The quantitative estimate of drug-likeness (QED) is 0.678. The maximum Gasteiger partial charge on any atom is 0.573 e. The maximum absolute atomic E-state index is 13.5. The average Bonchev–Trinajstić information content (AvgIpc) is 3.11. The third-order valence-electron chi connectivity index (χ3n) is 3.65. The standard InChI is InChI=1S/C17H13F5N4O/c18-16(19,9-23)12-3-1-11(2-4-12)15-24-10-26(25-15)13-5-7-14(8-6-13)27-17(20,21)22/h1-8,10H,9,23H2. The smallest absolute Gasteiger partial charge is 0.406 e. The molecule has 5 nitrogen and oxygen atoms in total. The van der Waals surface area contributed by atoms with Gasteiger partial charge < -0.3 is 10.5 Å². The second-order valence-corrected chi connectivity index (χ2v) is 5.54. The van der Waals surface area contributed by atoms with Gasteiger partial charge in [0.15, 0.2) is 5.82 Å². The summed E-state index contributed by atoms with van der Waals surface area (Å²) >= 11 is 0. The summed E-state index contributed by atoms with van der Waals surface area (Å²) in [6.45, 7) is -0.798. The van der Waals surface area contributed by atoms with Crippen molar-refractivity contribution in [2.24, 2.45) is 5.73 Å². The Hall–Kier alpha value is -3.01. The van der Waals surface area contributed by atoms with Gasteiger partial charge in [0.25, 0.3) is 5.92 Å². The Morgan fingerprint density at radius 3 is 2.11 bits per heavy atom. The van der Waals surface area contributed by atoms with E-state index in [4.69, 9.17) is 5.73 Å². The van der Waals surface area contributed by atoms with Gasteiger partial charge in [0, 0.05) is 11.1 Å². The Balaban J connectivity index is 1.79. The summed E-state index contributed by atoms with van der Waals surface area (Å²) < 4.78 is 68.8. The Kier molecular flexibility index (Phi) is 4.83. The van der Waals surface area contributed by atoms with Gasteiger partial charge in [-0.1, -0.05) is 24.3 Å². The predicted molar refractivity (Wildman–Crippen MR) is 86.4 cm³/mol. The molecule has 0 atom stereocenters. The fourth-order valence-corrected chi connectivity index (χ4v) is 2.30. The van der Waals surface area contributed by atoms with Crippen LogP contribution in [0.4, 0.5) is 22.0 Å². The van der Waals surface area contributed by atoms with Gasteiger partial charge in [0.2, 0.25) is 0 Å². The van der Waals surface area contributed by atoms with Crippen molar-refractivity contribution in [3.05, 3.63) is 60.4 Å². The number of rotatable bonds is 5. The zero-order valence-electron chi connectivity index (χ0n) is 13.6. The summed E-state index contributed by atoms with van der Waals surface area (Å²) in [5.41, 5.74) is 5.79. The second kappa shape index (κ2) is 6.95. The molecule has 0 bridgehead atoms. The molecule has 0 radical (unpaired) electrons. The molecular formula is C17H13F5N4O. The van der Waals surface area contributed by atoms with Crippen molar-refractivity contribution in [1.29, 1.82) is 0 Å². The van der Waals surface area contributed by atoms with E-state index in [0.717, 1.165) is 12.1 Å². The molecule has 2 aromatic carbocycles. The number of alkyl halides is 5. The molecule has 0 spiro atoms. The molecule has 0 saturated carbocycles. The summed E-state index contributed by atoms with van der Waals surface area (Å²) in [5, 5.41) is 4.20. The van der Waals surface area contributed by atoms with Gasteiger partial charge in [-0.3, -0.25) is 0 Å². The molecule has 0 unspecified atom stereocenters. The number of nitrogens with two attached hydrogens (primary N) is 1. The van der Waals surface area contributed by atoms with E-state index in [1.807, 2.05) is 0 Å². The molecule has 27 heavy (non-hydrogen) atoms. The van der Waals surface area contributed by atoms with E-state index in [2.05, 4.69) is 14.8 Å². The summed E-state index contributed by atoms with van der Waals surface area (Å²) in [4.78, 5) is 4.09. The van der Waals surface area contributed by atoms with E-state index in [1.165, 1.54) is 47.4 Å². The fraction of sp³-hybridized carbons (Fsp3) is 0.176. The predicted octanol–water partition coefficient (Wildman–Crippen LogP) is 3.88. The van der Waals surface area contributed by atoms with Crippen LogP contribution in [0.1, 0.15) is 5.56 Å². The van der Waals surface area contributed by atoms with Gasteiger partial charge in [-0.15, -0.1) is 18.3 Å². The van der Waals surface area contributed by atoms with Gasteiger partial charge in [-0.05, 0) is 24.3 Å². The summed E-state index contributed by atoms with van der Waals surface area (Å²) in [6.07, 6.45) is -3.41. The molecule has 0 aliphatic heterocycles. The molecule has 2 N–H and O–H groups in total. The zero-order valence-corrected chi connectivity index (χ0v) is 13.6. The third kappa shape index (κ3) is 4.40. The molecule has 3 rings (SSSR count). The van der Waals surface area contributed by atoms with Crippen LogP contribution in [0.25, 0.3) is 17.1 Å². The normalized spacial score (nSPS) is 12.2. The maximum atomic E-state index is 13.5. The molecule has 0 amide bonds. The first-order valence-electron chi connectivity index (χ1n) is 7.64. The summed E-state index contributed by atoms with van der Waals surface area (Å²) in [5.74, 6) is -3.21. The monoisotopic (exact) mass is 384 g/mol. The first kappa shape index (κ1) is 18.8. The number of benzene rings is 2. The molecule has 0 aliphatic rings. The first-order valence-corrected chi connectivity index (χ1v) is 7.64. The number of aromatic nitrogens is 3. The van der Waals surface area contributed by atoms with Gasteiger partial charge in [0.05, 0.1) is 12.2 Å². The molecule has 142 valence electrons. The molecule has 1 aromatic heterocycles. The van der Waals surface area contributed by atoms with E-state index in [9.17, 15) is 22.0 Å². The van der Waals surface area contributed by atoms with Crippen molar-refractivity contribution < 1.29 is 26.7 Å². The minimum Gasteiger partial charge on any atom is -0.406 e. The molecular weight excluding hydrogens is 371 g/mol. The van der Waals surface area contributed by atoms with Crippen LogP contribution in [0, 0.1) is 0 Å². The van der Waals surface area contributed by atoms with Crippen LogP contribution in [0.15, 0.2) is 54.9 Å². The Bertz CT molecular complexity index is 904. The van der Waals surface area contributed by atoms with Crippen molar-refractivity contribution in [2.75, 3.05) is 6.54 Å². The Labute approximate surface area is 150 Å². The largest absolute Gasteiger partial charge is 0.573 e. The lowest BCUT2D eigenvalue weighted by Gasteiger charge is -2.13. The fourth-order valence-electron chi connectivity index (χ4n) is 2.30. The van der Waals surface area contributed by atoms with Crippen LogP contribution in [0.2, 0.25) is 0 Å². The van der Waals surface area contributed by atoms with Crippen LogP contribution in [0.5, 0.6) is 5.75 Å². The van der Waals surface area contributed by atoms with E-state index >= 15 is 0 Å². The number of halogens is 5. The van der Waals surface area contributed by atoms with E-state index in [0.29, 0.717) is 11.3 Å². The van der Waals surface area contributed by atoms with Crippen molar-refractivity contribution in [2.45, 2.75) is 12.3 Å². The van der Waals surface area contributed by atoms with Crippen LogP contribution in [-0.2, 0) is 5.92 Å². The van der Waals surface area contributed by atoms with Gasteiger partial charge in [-0.25, -0.2) is 9.67 Å². The highest BCUT2D eigenvalue weighted by Crippen LogP contribution is 2.28. The van der Waals surface area contributed by atoms with Crippen LogP contribution < -0.4 is 10.5 Å². The minimum atomic E-state index is -4.77. The molecule has 0 saturated heterocycles. The first-order chi connectivity index (χ1) is 12.7. The topological polar surface area (TPSA) is 66.0 Å². The summed E-state index contributed by atoms with van der Waals surface area (Å²) in [6, 6.07) is 10.4. The van der Waals surface area contributed by atoms with E-state index in [-0.39, 0.29) is 17.1 Å². The Morgan fingerprint density at radius 1 is 0.926 bits per heavy atom. The average molecular weight is 384 g/mol. The zero-order chi connectivity index (χ0) is 19.7. The molecule has 0 fully saturated rings. The van der Waals surface area contributed by atoms with E-state index < -0.39 is 18.8 Å². The van der Waals surface area contributed by atoms with Crippen molar-refractivity contribution in [3.63, 3.8) is 0 Å². The highest BCUT2D eigenvalue weighted by molar-refractivity contribution is 5.55. The molecule has 1 heterocycles. The number of hydrogen-bond acceptors (Lipinski definition) is 4. The highest BCUT2D eigenvalue weighted by atomic mass is 19.4.